The molecule has 0 aliphatic heterocycles. The van der Waals surface area contributed by atoms with Crippen LogP contribution in [0.4, 0.5) is 11.8 Å². The first-order valence-electron chi connectivity index (χ1n) is 2.99. The van der Waals surface area contributed by atoms with Gasteiger partial charge in [-0.2, -0.15) is 10.1 Å². The highest BCUT2D eigenvalue weighted by Crippen LogP contribution is 2.13. The number of nitrogens with two attached hydrogens (primary N) is 2. The summed E-state index contributed by atoms with van der Waals surface area (Å²) in [7, 11) is 0. The van der Waals surface area contributed by atoms with Crippen LogP contribution in [0.15, 0.2) is 6.20 Å². The van der Waals surface area contributed by atoms with Crippen LogP contribution in [0, 0.1) is 0 Å². The number of H-pyrrole nitrogens is 1. The molecule has 56 valence electrons. The van der Waals surface area contributed by atoms with Crippen LogP contribution in [0.1, 0.15) is 0 Å². The second kappa shape index (κ2) is 1.82. The Balaban J connectivity index is 2.91. The predicted molar refractivity (Wildman–Crippen MR) is 40.5 cm³/mol. The summed E-state index contributed by atoms with van der Waals surface area (Å²) >= 11 is 0. The van der Waals surface area contributed by atoms with Gasteiger partial charge in [-0.05, 0) is 0 Å². The summed E-state index contributed by atoms with van der Waals surface area (Å²) < 4.78 is 0. The molecule has 0 atom stereocenters. The lowest BCUT2D eigenvalue weighted by Gasteiger charge is -1.94. The third-order valence-corrected chi connectivity index (χ3v) is 1.35. The summed E-state index contributed by atoms with van der Waals surface area (Å²) in [6.07, 6.45) is 1.55. The van der Waals surface area contributed by atoms with E-state index in [4.69, 9.17) is 11.5 Å². The standard InChI is InChI=1S/C5H6N6/c6-4-3-2(1-8-11-3)9-5(7)10-4/h1H,(H,8,11)(H4,6,7,9,10). The zero-order chi connectivity index (χ0) is 7.84. The van der Waals surface area contributed by atoms with Gasteiger partial charge in [0.05, 0.1) is 6.20 Å². The quantitative estimate of drug-likeness (QED) is 0.470. The molecule has 0 spiro atoms. The first kappa shape index (κ1) is 5.90. The van der Waals surface area contributed by atoms with E-state index in [1.54, 1.807) is 6.20 Å². The summed E-state index contributed by atoms with van der Waals surface area (Å²) in [4.78, 5) is 7.64. The Morgan fingerprint density at radius 3 is 2.91 bits per heavy atom. The van der Waals surface area contributed by atoms with Gasteiger partial charge in [-0.3, -0.25) is 5.10 Å². The molecule has 11 heavy (non-hydrogen) atoms. The summed E-state index contributed by atoms with van der Waals surface area (Å²) in [5.74, 6) is 0.487. The van der Waals surface area contributed by atoms with E-state index in [1.165, 1.54) is 0 Å². The summed E-state index contributed by atoms with van der Waals surface area (Å²) in [6, 6.07) is 0. The van der Waals surface area contributed by atoms with Gasteiger partial charge >= 0.3 is 0 Å². The monoisotopic (exact) mass is 150 g/mol. The number of aromatic nitrogens is 4. The van der Waals surface area contributed by atoms with Crippen LogP contribution in [-0.2, 0) is 0 Å². The number of nitrogen functional groups attached to an aromatic ring is 2. The highest BCUT2D eigenvalue weighted by Gasteiger charge is 2.02. The molecule has 0 bridgehead atoms. The first-order chi connectivity index (χ1) is 5.27. The Labute approximate surface area is 61.6 Å². The normalized spacial score (nSPS) is 10.5. The van der Waals surface area contributed by atoms with Gasteiger partial charge in [0.25, 0.3) is 0 Å². The Morgan fingerprint density at radius 1 is 1.27 bits per heavy atom. The Bertz CT molecular complexity index is 391. The minimum atomic E-state index is 0.163. The fourth-order valence-corrected chi connectivity index (χ4v) is 0.881. The number of nitrogens with one attached hydrogen (secondary N) is 1. The summed E-state index contributed by atoms with van der Waals surface area (Å²) in [6.45, 7) is 0. The van der Waals surface area contributed by atoms with Crippen LogP contribution in [0.5, 0.6) is 0 Å². The van der Waals surface area contributed by atoms with Crippen molar-refractivity contribution >= 4 is 22.8 Å². The molecule has 6 nitrogen and oxygen atoms in total. The highest BCUT2D eigenvalue weighted by molar-refractivity contribution is 5.84. The molecule has 0 radical (unpaired) electrons. The van der Waals surface area contributed by atoms with E-state index >= 15 is 0 Å². The molecule has 2 heterocycles. The third-order valence-electron chi connectivity index (χ3n) is 1.35. The molecule has 0 aliphatic carbocycles. The van der Waals surface area contributed by atoms with Crippen molar-refractivity contribution in [1.29, 1.82) is 0 Å². The van der Waals surface area contributed by atoms with Gasteiger partial charge in [0.2, 0.25) is 5.95 Å². The minimum Gasteiger partial charge on any atom is -0.382 e. The van der Waals surface area contributed by atoms with Crippen LogP contribution >= 0.6 is 0 Å². The van der Waals surface area contributed by atoms with Crippen molar-refractivity contribution in [3.05, 3.63) is 6.20 Å². The molecule has 2 rings (SSSR count). The number of aromatic amines is 1. The first-order valence-corrected chi connectivity index (χ1v) is 2.99. The number of fused-ring (bicyclic) bond motifs is 1. The van der Waals surface area contributed by atoms with Crippen molar-refractivity contribution in [1.82, 2.24) is 20.2 Å². The van der Waals surface area contributed by atoms with Gasteiger partial charge in [-0.25, -0.2) is 4.98 Å². The van der Waals surface area contributed by atoms with Gasteiger partial charge in [-0.15, -0.1) is 0 Å². The molecule has 0 fully saturated rings. The fourth-order valence-electron chi connectivity index (χ4n) is 0.881. The van der Waals surface area contributed by atoms with Crippen LogP contribution in [0.3, 0.4) is 0 Å². The van der Waals surface area contributed by atoms with E-state index < -0.39 is 0 Å². The maximum absolute atomic E-state index is 5.50. The van der Waals surface area contributed by atoms with E-state index in [-0.39, 0.29) is 5.95 Å². The molecule has 0 saturated carbocycles. The Hall–Kier alpha value is -1.85. The van der Waals surface area contributed by atoms with Gasteiger partial charge in [0.1, 0.15) is 11.0 Å². The van der Waals surface area contributed by atoms with Crippen molar-refractivity contribution < 1.29 is 0 Å². The van der Waals surface area contributed by atoms with Crippen LogP contribution in [0.25, 0.3) is 11.0 Å². The number of hydrogen-bond donors (Lipinski definition) is 3. The number of hydrogen-bond acceptors (Lipinski definition) is 5. The maximum Gasteiger partial charge on any atom is 0.222 e. The predicted octanol–water partition coefficient (Wildman–Crippen LogP) is -0.483. The fraction of sp³-hybridized carbons (Fsp3) is 0. The zero-order valence-electron chi connectivity index (χ0n) is 5.57. The molecule has 0 amide bonds. The SMILES string of the molecule is Nc1nc(N)c2[nH]ncc2n1. The number of rotatable bonds is 0. The molecule has 0 saturated heterocycles. The van der Waals surface area contributed by atoms with Crippen molar-refractivity contribution in [2.45, 2.75) is 0 Å². The summed E-state index contributed by atoms with van der Waals surface area (Å²) in [5.41, 5.74) is 12.1. The van der Waals surface area contributed by atoms with E-state index in [0.717, 1.165) is 0 Å². The van der Waals surface area contributed by atoms with Crippen molar-refractivity contribution in [3.63, 3.8) is 0 Å². The molecule has 0 unspecified atom stereocenters. The molecular formula is C5H6N6. The average molecular weight is 150 g/mol. The van der Waals surface area contributed by atoms with E-state index in [1.807, 2.05) is 0 Å². The number of anilines is 2. The topological polar surface area (TPSA) is 106 Å². The van der Waals surface area contributed by atoms with E-state index in [9.17, 15) is 0 Å². The third kappa shape index (κ3) is 0.759. The van der Waals surface area contributed by atoms with E-state index in [2.05, 4.69) is 20.2 Å². The van der Waals surface area contributed by atoms with Crippen LogP contribution in [0.2, 0.25) is 0 Å². The zero-order valence-corrected chi connectivity index (χ0v) is 5.57. The smallest absolute Gasteiger partial charge is 0.222 e. The van der Waals surface area contributed by atoms with Crippen LogP contribution < -0.4 is 11.5 Å². The minimum absolute atomic E-state index is 0.163. The Morgan fingerprint density at radius 2 is 2.09 bits per heavy atom. The second-order valence-corrected chi connectivity index (χ2v) is 2.10. The van der Waals surface area contributed by atoms with Crippen LogP contribution in [-0.4, -0.2) is 20.2 Å². The van der Waals surface area contributed by atoms with Crippen molar-refractivity contribution in [2.24, 2.45) is 0 Å². The average Bonchev–Trinajstić information content (AvgIpc) is 2.34. The molecule has 0 aliphatic rings. The van der Waals surface area contributed by atoms with Gasteiger partial charge in [0, 0.05) is 0 Å². The molecule has 5 N–H and O–H groups in total. The second-order valence-electron chi connectivity index (χ2n) is 2.10. The lowest BCUT2D eigenvalue weighted by atomic mass is 10.4. The maximum atomic E-state index is 5.50. The molecule has 2 aromatic heterocycles. The van der Waals surface area contributed by atoms with Gasteiger partial charge in [0.15, 0.2) is 5.82 Å². The van der Waals surface area contributed by atoms with Gasteiger partial charge in [-0.1, -0.05) is 0 Å². The molecular weight excluding hydrogens is 144 g/mol. The lowest BCUT2D eigenvalue weighted by molar-refractivity contribution is 1.12. The lowest BCUT2D eigenvalue weighted by Crippen LogP contribution is -1.99. The molecule has 6 heteroatoms. The molecule has 0 aromatic carbocycles. The van der Waals surface area contributed by atoms with Gasteiger partial charge < -0.3 is 11.5 Å². The number of nitrogens with zero attached hydrogens (tertiary/aromatic N) is 3. The Kier molecular flexibility index (Phi) is 0.974. The van der Waals surface area contributed by atoms with Crippen molar-refractivity contribution in [2.75, 3.05) is 11.5 Å². The van der Waals surface area contributed by atoms with E-state index in [0.29, 0.717) is 16.9 Å². The highest BCUT2D eigenvalue weighted by atomic mass is 15.2. The van der Waals surface area contributed by atoms with Crippen molar-refractivity contribution in [3.8, 4) is 0 Å². The largest absolute Gasteiger partial charge is 0.382 e. The molecule has 2 aromatic rings. The summed E-state index contributed by atoms with van der Waals surface area (Å²) in [5, 5.41) is 6.40.